The van der Waals surface area contributed by atoms with E-state index in [0.717, 1.165) is 18.7 Å². The number of benzene rings is 1. The zero-order valence-electron chi connectivity index (χ0n) is 10.3. The highest BCUT2D eigenvalue weighted by molar-refractivity contribution is 6.18. The van der Waals surface area contributed by atoms with Gasteiger partial charge in [0.2, 0.25) is 0 Å². The summed E-state index contributed by atoms with van der Waals surface area (Å²) in [6.45, 7) is 0. The van der Waals surface area contributed by atoms with E-state index in [1.54, 1.807) is 18.3 Å². The molecule has 0 aliphatic heterocycles. The van der Waals surface area contributed by atoms with Crippen LogP contribution < -0.4 is 0 Å². The van der Waals surface area contributed by atoms with Gasteiger partial charge in [-0.05, 0) is 18.1 Å². The molecule has 0 spiro atoms. The van der Waals surface area contributed by atoms with Crippen molar-refractivity contribution in [2.24, 2.45) is 7.05 Å². The topological polar surface area (TPSA) is 17.8 Å². The molecule has 0 saturated carbocycles. The zero-order chi connectivity index (χ0) is 13.0. The van der Waals surface area contributed by atoms with Crippen molar-refractivity contribution >= 4 is 11.6 Å². The lowest BCUT2D eigenvalue weighted by atomic mass is 9.95. The molecule has 1 unspecified atom stereocenters. The van der Waals surface area contributed by atoms with E-state index in [0.29, 0.717) is 11.4 Å². The zero-order valence-corrected chi connectivity index (χ0v) is 11.1. The van der Waals surface area contributed by atoms with Crippen molar-refractivity contribution in [2.45, 2.75) is 18.8 Å². The van der Waals surface area contributed by atoms with Crippen molar-refractivity contribution in [3.8, 4) is 0 Å². The third-order valence-corrected chi connectivity index (χ3v) is 3.54. The summed E-state index contributed by atoms with van der Waals surface area (Å²) < 4.78 is 15.7. The summed E-state index contributed by atoms with van der Waals surface area (Å²) in [5.41, 5.74) is 0.696. The maximum absolute atomic E-state index is 13.7. The molecule has 4 heteroatoms. The third kappa shape index (κ3) is 2.91. The molecule has 1 aromatic heterocycles. The smallest absolute Gasteiger partial charge is 0.126 e. The molecule has 0 aliphatic rings. The standard InChI is InChI=1S/C14H16ClFN2/c1-18-9-8-17-14(18)7-6-11(10-15)12-4-2-3-5-13(12)16/h2-5,8-9,11H,6-7,10H2,1H3. The van der Waals surface area contributed by atoms with Crippen molar-refractivity contribution in [2.75, 3.05) is 5.88 Å². The fraction of sp³-hybridized carbons (Fsp3) is 0.357. The van der Waals surface area contributed by atoms with Gasteiger partial charge in [-0.2, -0.15) is 0 Å². The van der Waals surface area contributed by atoms with Gasteiger partial charge in [0.25, 0.3) is 0 Å². The highest BCUT2D eigenvalue weighted by atomic mass is 35.5. The largest absolute Gasteiger partial charge is 0.338 e. The van der Waals surface area contributed by atoms with Crippen LogP contribution in [-0.2, 0) is 13.5 Å². The van der Waals surface area contributed by atoms with Gasteiger partial charge in [-0.1, -0.05) is 18.2 Å². The Balaban J connectivity index is 2.07. The molecule has 0 bridgehead atoms. The minimum absolute atomic E-state index is 0.0320. The summed E-state index contributed by atoms with van der Waals surface area (Å²) in [7, 11) is 1.96. The van der Waals surface area contributed by atoms with E-state index in [-0.39, 0.29) is 11.7 Å². The average molecular weight is 267 g/mol. The van der Waals surface area contributed by atoms with Gasteiger partial charge in [0.05, 0.1) is 0 Å². The number of halogens is 2. The summed E-state index contributed by atoms with van der Waals surface area (Å²) in [5, 5.41) is 0. The fourth-order valence-electron chi connectivity index (χ4n) is 2.06. The first-order valence-corrected chi connectivity index (χ1v) is 6.52. The van der Waals surface area contributed by atoms with Gasteiger partial charge in [0.1, 0.15) is 11.6 Å². The Labute approximate surface area is 111 Å². The summed E-state index contributed by atoms with van der Waals surface area (Å²) in [6.07, 6.45) is 5.28. The van der Waals surface area contributed by atoms with Crippen LogP contribution in [0, 0.1) is 5.82 Å². The number of hydrogen-bond acceptors (Lipinski definition) is 1. The first-order chi connectivity index (χ1) is 8.72. The van der Waals surface area contributed by atoms with Crippen LogP contribution in [0.15, 0.2) is 36.7 Å². The molecule has 1 atom stereocenters. The normalized spacial score (nSPS) is 12.6. The molecule has 1 aromatic carbocycles. The average Bonchev–Trinajstić information content (AvgIpc) is 2.78. The Morgan fingerprint density at radius 3 is 2.78 bits per heavy atom. The van der Waals surface area contributed by atoms with Crippen LogP contribution in [0.3, 0.4) is 0 Å². The lowest BCUT2D eigenvalue weighted by molar-refractivity contribution is 0.569. The molecular weight excluding hydrogens is 251 g/mol. The van der Waals surface area contributed by atoms with Gasteiger partial charge in [-0.3, -0.25) is 0 Å². The Hall–Kier alpha value is -1.35. The third-order valence-electron chi connectivity index (χ3n) is 3.17. The van der Waals surface area contributed by atoms with Gasteiger partial charge in [-0.25, -0.2) is 9.37 Å². The molecular formula is C14H16ClFN2. The van der Waals surface area contributed by atoms with E-state index < -0.39 is 0 Å². The Bertz CT molecular complexity index is 510. The number of rotatable bonds is 5. The second-order valence-electron chi connectivity index (χ2n) is 4.37. The van der Waals surface area contributed by atoms with E-state index in [1.165, 1.54) is 6.07 Å². The maximum atomic E-state index is 13.7. The van der Waals surface area contributed by atoms with E-state index in [9.17, 15) is 4.39 Å². The highest BCUT2D eigenvalue weighted by Gasteiger charge is 2.15. The molecule has 18 heavy (non-hydrogen) atoms. The molecule has 96 valence electrons. The first-order valence-electron chi connectivity index (χ1n) is 5.99. The van der Waals surface area contributed by atoms with Gasteiger partial charge in [0, 0.05) is 37.7 Å². The van der Waals surface area contributed by atoms with Crippen molar-refractivity contribution in [1.82, 2.24) is 9.55 Å². The maximum Gasteiger partial charge on any atom is 0.126 e. The van der Waals surface area contributed by atoms with Gasteiger partial charge in [-0.15, -0.1) is 11.6 Å². The second-order valence-corrected chi connectivity index (χ2v) is 4.67. The molecule has 0 fully saturated rings. The summed E-state index contributed by atoms with van der Waals surface area (Å²) in [4.78, 5) is 4.26. The van der Waals surface area contributed by atoms with E-state index in [1.807, 2.05) is 23.9 Å². The predicted octanol–water partition coefficient (Wildman–Crippen LogP) is 3.51. The fourth-order valence-corrected chi connectivity index (χ4v) is 2.38. The van der Waals surface area contributed by atoms with Crippen molar-refractivity contribution in [1.29, 1.82) is 0 Å². The first kappa shape index (κ1) is 13.1. The van der Waals surface area contributed by atoms with Crippen LogP contribution >= 0.6 is 11.6 Å². The van der Waals surface area contributed by atoms with Crippen LogP contribution in [0.5, 0.6) is 0 Å². The van der Waals surface area contributed by atoms with Gasteiger partial charge in [0.15, 0.2) is 0 Å². The van der Waals surface area contributed by atoms with Crippen LogP contribution in [0.25, 0.3) is 0 Å². The number of aromatic nitrogens is 2. The van der Waals surface area contributed by atoms with Crippen LogP contribution in [0.1, 0.15) is 23.7 Å². The van der Waals surface area contributed by atoms with Crippen molar-refractivity contribution in [3.63, 3.8) is 0 Å². The number of aryl methyl sites for hydroxylation is 2. The Morgan fingerprint density at radius 1 is 1.39 bits per heavy atom. The molecule has 0 N–H and O–H groups in total. The monoisotopic (exact) mass is 266 g/mol. The van der Waals surface area contributed by atoms with E-state index in [4.69, 9.17) is 11.6 Å². The quantitative estimate of drug-likeness (QED) is 0.757. The minimum atomic E-state index is -0.178. The van der Waals surface area contributed by atoms with Crippen molar-refractivity contribution in [3.05, 3.63) is 53.9 Å². The SMILES string of the molecule is Cn1ccnc1CCC(CCl)c1ccccc1F. The Kier molecular flexibility index (Phi) is 4.37. The molecule has 1 heterocycles. The van der Waals surface area contributed by atoms with Crippen molar-refractivity contribution < 1.29 is 4.39 Å². The molecule has 0 saturated heterocycles. The molecule has 2 rings (SSSR count). The van der Waals surface area contributed by atoms with Crippen LogP contribution in [0.2, 0.25) is 0 Å². The van der Waals surface area contributed by atoms with Crippen LogP contribution in [-0.4, -0.2) is 15.4 Å². The number of alkyl halides is 1. The lowest BCUT2D eigenvalue weighted by Crippen LogP contribution is -2.07. The van der Waals surface area contributed by atoms with Gasteiger partial charge < -0.3 is 4.57 Å². The molecule has 2 aromatic rings. The number of nitrogens with zero attached hydrogens (tertiary/aromatic N) is 2. The molecule has 0 radical (unpaired) electrons. The lowest BCUT2D eigenvalue weighted by Gasteiger charge is -2.14. The molecule has 0 amide bonds. The second kappa shape index (κ2) is 6.01. The molecule has 2 nitrogen and oxygen atoms in total. The van der Waals surface area contributed by atoms with E-state index in [2.05, 4.69) is 4.98 Å². The summed E-state index contributed by atoms with van der Waals surface area (Å²) in [6, 6.07) is 6.83. The number of imidazole rings is 1. The van der Waals surface area contributed by atoms with Gasteiger partial charge >= 0.3 is 0 Å². The summed E-state index contributed by atoms with van der Waals surface area (Å²) in [5.74, 6) is 1.28. The highest BCUT2D eigenvalue weighted by Crippen LogP contribution is 2.25. The number of hydrogen-bond donors (Lipinski definition) is 0. The predicted molar refractivity (Wildman–Crippen MR) is 71.4 cm³/mol. The Morgan fingerprint density at radius 2 is 2.17 bits per heavy atom. The minimum Gasteiger partial charge on any atom is -0.338 e. The van der Waals surface area contributed by atoms with E-state index >= 15 is 0 Å². The van der Waals surface area contributed by atoms with Crippen LogP contribution in [0.4, 0.5) is 4.39 Å². The molecule has 0 aliphatic carbocycles. The summed E-state index contributed by atoms with van der Waals surface area (Å²) >= 11 is 5.96.